The maximum absolute atomic E-state index is 14.0. The monoisotopic (exact) mass is 390 g/mol. The summed E-state index contributed by atoms with van der Waals surface area (Å²) in [6.07, 6.45) is 5.25. The van der Waals surface area contributed by atoms with E-state index in [2.05, 4.69) is 24.8 Å². The van der Waals surface area contributed by atoms with Crippen LogP contribution in [-0.4, -0.2) is 52.5 Å². The van der Waals surface area contributed by atoms with Gasteiger partial charge in [0.15, 0.2) is 5.82 Å². The Labute approximate surface area is 166 Å². The number of aromatic nitrogens is 3. The van der Waals surface area contributed by atoms with Gasteiger partial charge in [-0.05, 0) is 30.3 Å². The van der Waals surface area contributed by atoms with Gasteiger partial charge < -0.3 is 19.9 Å². The highest BCUT2D eigenvalue weighted by Crippen LogP contribution is 2.32. The number of aliphatic imine (C=N–C) groups is 1. The number of pyridine rings is 1. The number of nitrogens with zero attached hydrogens (tertiary/aromatic N) is 5. The van der Waals surface area contributed by atoms with E-state index >= 15 is 0 Å². The third kappa shape index (κ3) is 3.22. The van der Waals surface area contributed by atoms with Crippen LogP contribution in [0.25, 0.3) is 11.6 Å². The van der Waals surface area contributed by atoms with Gasteiger partial charge in [-0.2, -0.15) is 4.98 Å². The number of aromatic amines is 1. The molecule has 29 heavy (non-hydrogen) atoms. The molecule has 0 aliphatic carbocycles. The lowest BCUT2D eigenvalue weighted by Crippen LogP contribution is -2.47. The molecule has 2 aliphatic rings. The van der Waals surface area contributed by atoms with Crippen LogP contribution in [0.4, 0.5) is 21.8 Å². The van der Waals surface area contributed by atoms with Gasteiger partial charge in [-0.25, -0.2) is 14.4 Å². The molecule has 0 bridgehead atoms. The Hall–Kier alpha value is -3.68. The van der Waals surface area contributed by atoms with Crippen molar-refractivity contribution in [1.82, 2.24) is 15.0 Å². The molecule has 1 saturated heterocycles. The molecule has 3 aromatic rings. The third-order valence-corrected chi connectivity index (χ3v) is 5.19. The van der Waals surface area contributed by atoms with Crippen molar-refractivity contribution in [2.75, 3.05) is 36.0 Å². The number of aromatic hydroxyl groups is 1. The van der Waals surface area contributed by atoms with Crippen molar-refractivity contribution >= 4 is 35.3 Å². The lowest BCUT2D eigenvalue weighted by Gasteiger charge is -2.36. The zero-order valence-electron chi connectivity index (χ0n) is 15.6. The fourth-order valence-corrected chi connectivity index (χ4v) is 3.68. The second-order valence-electron chi connectivity index (χ2n) is 6.96. The summed E-state index contributed by atoms with van der Waals surface area (Å²) in [6.45, 7) is 2.69. The molecule has 0 unspecified atom stereocenters. The Bertz CT molecular complexity index is 1110. The number of piperazine rings is 1. The summed E-state index contributed by atoms with van der Waals surface area (Å²) in [5, 5.41) is 10.3. The summed E-state index contributed by atoms with van der Waals surface area (Å²) in [5.74, 6) is 0.999. The van der Waals surface area contributed by atoms with Crippen molar-refractivity contribution in [3.05, 3.63) is 59.7 Å². The molecule has 2 aliphatic heterocycles. The lowest BCUT2D eigenvalue weighted by atomic mass is 10.1. The van der Waals surface area contributed by atoms with Crippen LogP contribution in [0, 0.1) is 5.82 Å². The molecule has 1 aromatic carbocycles. The van der Waals surface area contributed by atoms with Gasteiger partial charge in [-0.15, -0.1) is 0 Å². The van der Waals surface area contributed by atoms with E-state index in [4.69, 9.17) is 0 Å². The fourth-order valence-electron chi connectivity index (χ4n) is 3.68. The molecule has 0 radical (unpaired) electrons. The van der Waals surface area contributed by atoms with Crippen LogP contribution in [0.5, 0.6) is 5.88 Å². The molecule has 2 N–H and O–H groups in total. The Morgan fingerprint density at radius 1 is 1.03 bits per heavy atom. The number of anilines is 2. The number of hydrogen-bond donors (Lipinski definition) is 2. The number of halogens is 1. The molecule has 146 valence electrons. The van der Waals surface area contributed by atoms with E-state index in [1.54, 1.807) is 24.5 Å². The highest BCUT2D eigenvalue weighted by atomic mass is 19.1. The first-order valence-electron chi connectivity index (χ1n) is 9.43. The maximum atomic E-state index is 14.0. The number of para-hydroxylation sites is 1. The topological polar surface area (TPSA) is 80.6 Å². The smallest absolute Gasteiger partial charge is 0.238 e. The summed E-state index contributed by atoms with van der Waals surface area (Å²) in [5.41, 5.74) is 2.92. The Morgan fingerprint density at radius 2 is 1.83 bits per heavy atom. The van der Waals surface area contributed by atoms with E-state index in [1.807, 2.05) is 29.2 Å². The van der Waals surface area contributed by atoms with Crippen LogP contribution in [0.2, 0.25) is 0 Å². The van der Waals surface area contributed by atoms with Gasteiger partial charge >= 0.3 is 0 Å². The number of imidazole rings is 1. The summed E-state index contributed by atoms with van der Waals surface area (Å²) in [6, 6.07) is 10.6. The zero-order chi connectivity index (χ0) is 19.8. The fraction of sp³-hybridized carbons (Fsp3) is 0.190. The van der Waals surface area contributed by atoms with Crippen molar-refractivity contribution in [2.45, 2.75) is 0 Å². The molecule has 2 aromatic heterocycles. The highest BCUT2D eigenvalue weighted by molar-refractivity contribution is 6.20. The van der Waals surface area contributed by atoms with Crippen molar-refractivity contribution in [3.63, 3.8) is 0 Å². The summed E-state index contributed by atoms with van der Waals surface area (Å²) >= 11 is 0. The van der Waals surface area contributed by atoms with Gasteiger partial charge in [0.1, 0.15) is 11.5 Å². The van der Waals surface area contributed by atoms with Gasteiger partial charge in [-0.3, -0.25) is 0 Å². The molecular weight excluding hydrogens is 371 g/mol. The third-order valence-electron chi connectivity index (χ3n) is 5.19. The minimum atomic E-state index is -0.210. The number of benzene rings is 1. The average molecular weight is 390 g/mol. The molecule has 5 rings (SSSR count). The van der Waals surface area contributed by atoms with Gasteiger partial charge in [0.2, 0.25) is 11.8 Å². The summed E-state index contributed by atoms with van der Waals surface area (Å²) in [4.78, 5) is 20.0. The van der Waals surface area contributed by atoms with Crippen molar-refractivity contribution < 1.29 is 9.50 Å². The molecule has 0 spiro atoms. The minimum Gasteiger partial charge on any atom is -0.492 e. The van der Waals surface area contributed by atoms with Crippen LogP contribution in [0.15, 0.2) is 47.6 Å². The number of fused-ring (bicyclic) bond motifs is 1. The predicted octanol–water partition coefficient (Wildman–Crippen LogP) is 3.23. The molecule has 0 atom stereocenters. The number of hydrogen-bond acceptors (Lipinski definition) is 6. The molecule has 8 heteroatoms. The quantitative estimate of drug-likeness (QED) is 0.718. The van der Waals surface area contributed by atoms with Gasteiger partial charge in [0.05, 0.1) is 5.69 Å². The Kier molecular flexibility index (Phi) is 4.23. The van der Waals surface area contributed by atoms with Crippen molar-refractivity contribution in [1.29, 1.82) is 0 Å². The van der Waals surface area contributed by atoms with E-state index in [0.29, 0.717) is 49.3 Å². The number of rotatable bonds is 3. The largest absolute Gasteiger partial charge is 0.492 e. The molecule has 0 amide bonds. The van der Waals surface area contributed by atoms with Crippen LogP contribution < -0.4 is 9.80 Å². The van der Waals surface area contributed by atoms with Crippen molar-refractivity contribution in [2.24, 2.45) is 4.99 Å². The molecule has 7 nitrogen and oxygen atoms in total. The summed E-state index contributed by atoms with van der Waals surface area (Å²) < 4.78 is 14.0. The van der Waals surface area contributed by atoms with Crippen LogP contribution in [-0.2, 0) is 0 Å². The first-order chi connectivity index (χ1) is 14.2. The van der Waals surface area contributed by atoms with E-state index < -0.39 is 0 Å². The second kappa shape index (κ2) is 7.05. The normalized spacial score (nSPS) is 17.2. The first kappa shape index (κ1) is 17.4. The van der Waals surface area contributed by atoms with Crippen LogP contribution in [0.3, 0.4) is 0 Å². The summed E-state index contributed by atoms with van der Waals surface area (Å²) in [7, 11) is 0. The average Bonchev–Trinajstić information content (AvgIpc) is 3.33. The van der Waals surface area contributed by atoms with Crippen molar-refractivity contribution in [3.8, 4) is 5.88 Å². The number of H-pyrrole nitrogens is 1. The predicted molar refractivity (Wildman–Crippen MR) is 111 cm³/mol. The van der Waals surface area contributed by atoms with E-state index in [1.165, 1.54) is 6.07 Å². The Morgan fingerprint density at radius 3 is 2.66 bits per heavy atom. The van der Waals surface area contributed by atoms with Gasteiger partial charge in [0, 0.05) is 49.7 Å². The zero-order valence-corrected chi connectivity index (χ0v) is 15.6. The van der Waals surface area contributed by atoms with Crippen LogP contribution in [0.1, 0.15) is 11.3 Å². The number of nitrogens with one attached hydrogen (secondary N) is 1. The maximum Gasteiger partial charge on any atom is 0.238 e. The molecule has 1 fully saturated rings. The van der Waals surface area contributed by atoms with Crippen LogP contribution >= 0.6 is 0 Å². The second-order valence-corrected chi connectivity index (χ2v) is 6.96. The first-order valence-corrected chi connectivity index (χ1v) is 9.43. The van der Waals surface area contributed by atoms with E-state index in [-0.39, 0.29) is 11.7 Å². The van der Waals surface area contributed by atoms with E-state index in [9.17, 15) is 9.50 Å². The number of allylic oxidation sites excluding steroid dienone is 1. The molecule has 0 saturated carbocycles. The molecular formula is C21H19FN6O. The lowest BCUT2D eigenvalue weighted by molar-refractivity contribution is 0.455. The minimum absolute atomic E-state index is 0.0604. The van der Waals surface area contributed by atoms with Gasteiger partial charge in [-0.1, -0.05) is 12.1 Å². The molecule has 4 heterocycles. The highest BCUT2D eigenvalue weighted by Gasteiger charge is 2.23. The van der Waals surface area contributed by atoms with E-state index in [0.717, 1.165) is 11.1 Å². The standard InChI is InChI=1S/C21H19FN6O/c22-16-5-1-2-6-18(16)27-8-10-28(11-9-27)21-25-17(20(29)26-21)12-14-13-24-19-15(14)4-3-7-23-19/h1-7,12-13,29H,8-11H2,(H,25,26)/b14-12+. The van der Waals surface area contributed by atoms with Gasteiger partial charge in [0.25, 0.3) is 0 Å². The Balaban J connectivity index is 1.33. The SMILES string of the molecule is Oc1nc(N2CCN(c3ccccc3F)CC2)[nH]c1/C=C1\C=Nc2ncccc21.